The van der Waals surface area contributed by atoms with Crippen LogP contribution >= 0.6 is 11.3 Å². The average molecular weight is 335 g/mol. The molecule has 3 aromatic rings. The smallest absolute Gasteiger partial charge is 0.113 e. The number of rotatable bonds is 4. The molecule has 2 unspecified atom stereocenters. The van der Waals surface area contributed by atoms with Crippen LogP contribution < -0.4 is 0 Å². The molecule has 4 heteroatoms. The molecule has 0 aliphatic heterocycles. The lowest BCUT2D eigenvalue weighted by Gasteiger charge is -2.10. The number of aryl methyl sites for hydroxylation is 1. The monoisotopic (exact) mass is 335 g/mol. The minimum atomic E-state index is -0.762. The molecule has 120 valence electrons. The van der Waals surface area contributed by atoms with Crippen LogP contribution in [0.15, 0.2) is 60.7 Å². The van der Waals surface area contributed by atoms with Gasteiger partial charge in [-0.1, -0.05) is 42.0 Å². The van der Waals surface area contributed by atoms with Gasteiger partial charge < -0.3 is 10.2 Å². The molecule has 1 aromatic heterocycles. The third-order valence-corrected chi connectivity index (χ3v) is 5.13. The van der Waals surface area contributed by atoms with E-state index < -0.39 is 12.2 Å². The van der Waals surface area contributed by atoms with Gasteiger partial charge in [-0.2, -0.15) is 5.26 Å². The predicted molar refractivity (Wildman–Crippen MR) is 94.8 cm³/mol. The maximum atomic E-state index is 10.5. The van der Waals surface area contributed by atoms with E-state index in [2.05, 4.69) is 6.07 Å². The molecule has 24 heavy (non-hydrogen) atoms. The Bertz CT molecular complexity index is 860. The molecule has 0 spiro atoms. The first-order valence-corrected chi connectivity index (χ1v) is 8.42. The lowest BCUT2D eigenvalue weighted by Crippen LogP contribution is -1.98. The van der Waals surface area contributed by atoms with E-state index >= 15 is 0 Å². The zero-order chi connectivity index (χ0) is 17.1. The van der Waals surface area contributed by atoms with Crippen molar-refractivity contribution in [2.24, 2.45) is 0 Å². The van der Waals surface area contributed by atoms with Crippen molar-refractivity contribution in [2.45, 2.75) is 19.1 Å². The van der Waals surface area contributed by atoms with E-state index in [0.29, 0.717) is 5.56 Å². The first kappa shape index (κ1) is 16.4. The fourth-order valence-electron chi connectivity index (χ4n) is 2.48. The highest BCUT2D eigenvalue weighted by molar-refractivity contribution is 7.12. The molecule has 3 rings (SSSR count). The van der Waals surface area contributed by atoms with Crippen molar-refractivity contribution in [2.75, 3.05) is 0 Å². The van der Waals surface area contributed by atoms with Crippen LogP contribution in [0.4, 0.5) is 0 Å². The van der Waals surface area contributed by atoms with Crippen LogP contribution in [0.2, 0.25) is 0 Å². The van der Waals surface area contributed by atoms with Crippen LogP contribution in [-0.2, 0) is 0 Å². The van der Waals surface area contributed by atoms with Crippen molar-refractivity contribution < 1.29 is 10.2 Å². The first-order valence-electron chi connectivity index (χ1n) is 7.61. The SMILES string of the molecule is Cc1ccc(C(O)c2ccc(C(O)c3ccc(C#N)cc3)s2)cc1. The molecule has 0 saturated carbocycles. The van der Waals surface area contributed by atoms with Crippen molar-refractivity contribution in [1.82, 2.24) is 0 Å². The topological polar surface area (TPSA) is 64.2 Å². The maximum absolute atomic E-state index is 10.5. The summed E-state index contributed by atoms with van der Waals surface area (Å²) in [4.78, 5) is 1.56. The summed E-state index contributed by atoms with van der Waals surface area (Å²) >= 11 is 1.39. The largest absolute Gasteiger partial charge is 0.383 e. The predicted octanol–water partition coefficient (Wildman–Crippen LogP) is 4.09. The Kier molecular flexibility index (Phi) is 4.77. The van der Waals surface area contributed by atoms with Gasteiger partial charge in [0.2, 0.25) is 0 Å². The Morgan fingerprint density at radius 2 is 1.25 bits per heavy atom. The summed E-state index contributed by atoms with van der Waals surface area (Å²) in [6, 6.07) is 20.4. The molecule has 1 heterocycles. The summed E-state index contributed by atoms with van der Waals surface area (Å²) in [5.41, 5.74) is 3.27. The number of hydrogen-bond acceptors (Lipinski definition) is 4. The van der Waals surface area contributed by atoms with E-state index in [0.717, 1.165) is 26.4 Å². The van der Waals surface area contributed by atoms with E-state index in [9.17, 15) is 10.2 Å². The van der Waals surface area contributed by atoms with Crippen molar-refractivity contribution >= 4 is 11.3 Å². The van der Waals surface area contributed by atoms with Gasteiger partial charge in [-0.15, -0.1) is 11.3 Å². The number of thiophene rings is 1. The molecular formula is C20H17NO2S. The summed E-state index contributed by atoms with van der Waals surface area (Å²) in [5.74, 6) is 0. The highest BCUT2D eigenvalue weighted by Gasteiger charge is 2.17. The Hall–Kier alpha value is -2.45. The van der Waals surface area contributed by atoms with E-state index in [1.807, 2.05) is 43.3 Å². The summed E-state index contributed by atoms with van der Waals surface area (Å²) in [6.07, 6.45) is -1.46. The third-order valence-electron chi connectivity index (χ3n) is 3.94. The molecule has 0 saturated heterocycles. The molecule has 0 bridgehead atoms. The number of benzene rings is 2. The van der Waals surface area contributed by atoms with Crippen LogP contribution in [0.5, 0.6) is 0 Å². The van der Waals surface area contributed by atoms with Crippen LogP contribution in [0.25, 0.3) is 0 Å². The quantitative estimate of drug-likeness (QED) is 0.755. The van der Waals surface area contributed by atoms with E-state index in [1.54, 1.807) is 24.3 Å². The molecule has 0 fully saturated rings. The lowest BCUT2D eigenvalue weighted by molar-refractivity contribution is 0.223. The van der Waals surface area contributed by atoms with Crippen molar-refractivity contribution in [1.29, 1.82) is 5.26 Å². The number of hydrogen-bond donors (Lipinski definition) is 2. The summed E-state index contributed by atoms with van der Waals surface area (Å²) in [6.45, 7) is 2.01. The second kappa shape index (κ2) is 6.98. The minimum Gasteiger partial charge on any atom is -0.383 e. The Balaban J connectivity index is 1.81. The van der Waals surface area contributed by atoms with Crippen molar-refractivity contribution in [3.8, 4) is 6.07 Å². The van der Waals surface area contributed by atoms with E-state index in [1.165, 1.54) is 11.3 Å². The fraction of sp³-hybridized carbons (Fsp3) is 0.150. The van der Waals surface area contributed by atoms with E-state index in [4.69, 9.17) is 5.26 Å². The van der Waals surface area contributed by atoms with Crippen LogP contribution in [0, 0.1) is 18.3 Å². The van der Waals surface area contributed by atoms with Crippen LogP contribution in [0.3, 0.4) is 0 Å². The third kappa shape index (κ3) is 3.39. The average Bonchev–Trinajstić information content (AvgIpc) is 3.11. The molecule has 2 atom stereocenters. The molecule has 0 aliphatic carbocycles. The molecule has 3 nitrogen and oxygen atoms in total. The Morgan fingerprint density at radius 1 is 0.792 bits per heavy atom. The van der Waals surface area contributed by atoms with Crippen LogP contribution in [0.1, 0.15) is 44.2 Å². The van der Waals surface area contributed by atoms with Gasteiger partial charge in [0.1, 0.15) is 12.2 Å². The lowest BCUT2D eigenvalue weighted by atomic mass is 10.1. The number of nitriles is 1. The number of nitrogens with zero attached hydrogens (tertiary/aromatic N) is 1. The van der Waals surface area contributed by atoms with E-state index in [-0.39, 0.29) is 0 Å². The molecule has 2 aromatic carbocycles. The molecular weight excluding hydrogens is 318 g/mol. The zero-order valence-electron chi connectivity index (χ0n) is 13.2. The second-order valence-electron chi connectivity index (χ2n) is 5.69. The Morgan fingerprint density at radius 3 is 1.71 bits per heavy atom. The highest BCUT2D eigenvalue weighted by Crippen LogP contribution is 2.33. The molecule has 0 aliphatic rings. The number of aliphatic hydroxyl groups is 2. The molecule has 0 radical (unpaired) electrons. The standard InChI is InChI=1S/C20H17NO2S/c1-13-2-6-15(7-3-13)19(22)17-10-11-18(24-17)20(23)16-8-4-14(12-21)5-9-16/h2-11,19-20,22-23H,1H3. The van der Waals surface area contributed by atoms with Gasteiger partial charge in [0, 0.05) is 9.75 Å². The highest BCUT2D eigenvalue weighted by atomic mass is 32.1. The van der Waals surface area contributed by atoms with Gasteiger partial charge in [0.15, 0.2) is 0 Å². The first-order chi connectivity index (χ1) is 11.6. The second-order valence-corrected chi connectivity index (χ2v) is 6.84. The van der Waals surface area contributed by atoms with Gasteiger partial charge >= 0.3 is 0 Å². The molecule has 0 amide bonds. The summed E-state index contributed by atoms with van der Waals surface area (Å²) < 4.78 is 0. The maximum Gasteiger partial charge on any atom is 0.113 e. The summed E-state index contributed by atoms with van der Waals surface area (Å²) in [7, 11) is 0. The Labute approximate surface area is 145 Å². The zero-order valence-corrected chi connectivity index (χ0v) is 14.0. The molecule has 2 N–H and O–H groups in total. The van der Waals surface area contributed by atoms with Crippen LogP contribution in [-0.4, -0.2) is 10.2 Å². The van der Waals surface area contributed by atoms with Gasteiger partial charge in [0.25, 0.3) is 0 Å². The fourth-order valence-corrected chi connectivity index (χ4v) is 3.52. The van der Waals surface area contributed by atoms with Gasteiger partial charge in [-0.05, 0) is 42.3 Å². The van der Waals surface area contributed by atoms with Gasteiger partial charge in [-0.25, -0.2) is 0 Å². The van der Waals surface area contributed by atoms with Crippen molar-refractivity contribution in [3.05, 3.63) is 92.7 Å². The van der Waals surface area contributed by atoms with Gasteiger partial charge in [-0.3, -0.25) is 0 Å². The van der Waals surface area contributed by atoms with Gasteiger partial charge in [0.05, 0.1) is 11.6 Å². The minimum absolute atomic E-state index is 0.563. The van der Waals surface area contributed by atoms with Crippen molar-refractivity contribution in [3.63, 3.8) is 0 Å². The normalized spacial score (nSPS) is 13.2. The summed E-state index contributed by atoms with van der Waals surface area (Å²) in [5, 5.41) is 29.8. The number of aliphatic hydroxyl groups excluding tert-OH is 2.